The first kappa shape index (κ1) is 12.7. The molecular weight excluding hydrogens is 278 g/mol. The van der Waals surface area contributed by atoms with Gasteiger partial charge in [0.05, 0.1) is 6.04 Å². The fourth-order valence-corrected chi connectivity index (χ4v) is 6.02. The summed E-state index contributed by atoms with van der Waals surface area (Å²) in [4.78, 5) is 4.55. The van der Waals surface area contributed by atoms with Crippen LogP contribution in [0.2, 0.25) is 0 Å². The molecule has 0 saturated heterocycles. The summed E-state index contributed by atoms with van der Waals surface area (Å²) in [5.74, 6) is 2.49. The zero-order chi connectivity index (χ0) is 12.5. The van der Waals surface area contributed by atoms with Crippen molar-refractivity contribution in [1.82, 2.24) is 5.32 Å². The molecule has 96 valence electrons. The fraction of sp³-hybridized carbons (Fsp3) is 0.429. The zero-order valence-electron chi connectivity index (χ0n) is 10.7. The van der Waals surface area contributed by atoms with Crippen LogP contribution in [0.15, 0.2) is 17.5 Å². The summed E-state index contributed by atoms with van der Waals surface area (Å²) in [6.07, 6.45) is 1.25. The van der Waals surface area contributed by atoms with E-state index in [0.29, 0.717) is 6.04 Å². The third-order valence-electron chi connectivity index (χ3n) is 3.38. The van der Waals surface area contributed by atoms with Crippen LogP contribution in [0.4, 0.5) is 0 Å². The van der Waals surface area contributed by atoms with E-state index in [2.05, 4.69) is 48.6 Å². The average Bonchev–Trinajstić information content (AvgIpc) is 2.97. The highest BCUT2D eigenvalue weighted by molar-refractivity contribution is 7.98. The Balaban J connectivity index is 1.97. The van der Waals surface area contributed by atoms with E-state index in [-0.39, 0.29) is 0 Å². The third kappa shape index (κ3) is 2.27. The van der Waals surface area contributed by atoms with Crippen molar-refractivity contribution < 1.29 is 0 Å². The molecule has 18 heavy (non-hydrogen) atoms. The van der Waals surface area contributed by atoms with Crippen molar-refractivity contribution in [3.8, 4) is 0 Å². The van der Waals surface area contributed by atoms with Crippen molar-refractivity contribution in [3.63, 3.8) is 0 Å². The van der Waals surface area contributed by atoms with Crippen LogP contribution < -0.4 is 5.32 Å². The Hall–Kier alpha value is -0.290. The van der Waals surface area contributed by atoms with Gasteiger partial charge in [-0.2, -0.15) is 11.8 Å². The van der Waals surface area contributed by atoms with Gasteiger partial charge in [0.1, 0.15) is 0 Å². The van der Waals surface area contributed by atoms with Gasteiger partial charge in [0, 0.05) is 20.4 Å². The van der Waals surface area contributed by atoms with E-state index in [0.717, 1.165) is 0 Å². The van der Waals surface area contributed by atoms with Gasteiger partial charge in [-0.15, -0.1) is 22.7 Å². The molecule has 0 radical (unpaired) electrons. The van der Waals surface area contributed by atoms with Crippen molar-refractivity contribution in [2.45, 2.75) is 25.1 Å². The number of thioether (sulfide) groups is 1. The molecule has 0 bridgehead atoms. The van der Waals surface area contributed by atoms with Gasteiger partial charge in [-0.1, -0.05) is 0 Å². The molecule has 1 aliphatic heterocycles. The minimum Gasteiger partial charge on any atom is -0.308 e. The highest BCUT2D eigenvalue weighted by Gasteiger charge is 2.21. The third-order valence-corrected chi connectivity index (χ3v) is 6.78. The molecular formula is C14H17NS3. The molecule has 1 atom stereocenters. The van der Waals surface area contributed by atoms with Gasteiger partial charge in [0.15, 0.2) is 0 Å². The highest BCUT2D eigenvalue weighted by Crippen LogP contribution is 2.38. The molecule has 4 heteroatoms. The summed E-state index contributed by atoms with van der Waals surface area (Å²) in [7, 11) is 2.07. The second kappa shape index (κ2) is 5.37. The molecule has 0 amide bonds. The van der Waals surface area contributed by atoms with Gasteiger partial charge in [-0.3, -0.25) is 0 Å². The van der Waals surface area contributed by atoms with Crippen molar-refractivity contribution in [1.29, 1.82) is 0 Å². The zero-order valence-corrected chi connectivity index (χ0v) is 13.1. The first-order chi connectivity index (χ1) is 8.79. The lowest BCUT2D eigenvalue weighted by atomic mass is 10.1. The number of nitrogens with one attached hydrogen (secondary N) is 1. The molecule has 0 saturated carbocycles. The van der Waals surface area contributed by atoms with E-state index < -0.39 is 0 Å². The lowest BCUT2D eigenvalue weighted by Gasteiger charge is -2.13. The first-order valence-electron chi connectivity index (χ1n) is 6.20. The molecule has 0 aliphatic carbocycles. The number of aryl methyl sites for hydroxylation is 2. The van der Waals surface area contributed by atoms with Crippen LogP contribution in [-0.2, 0) is 12.2 Å². The van der Waals surface area contributed by atoms with Gasteiger partial charge in [-0.05, 0) is 54.8 Å². The van der Waals surface area contributed by atoms with Gasteiger partial charge in [0.2, 0.25) is 0 Å². The van der Waals surface area contributed by atoms with Crippen molar-refractivity contribution in [2.24, 2.45) is 0 Å². The van der Waals surface area contributed by atoms with Crippen LogP contribution in [0, 0.1) is 6.92 Å². The first-order valence-corrected chi connectivity index (χ1v) is 9.05. The van der Waals surface area contributed by atoms with Crippen molar-refractivity contribution in [2.75, 3.05) is 12.8 Å². The molecule has 0 aromatic carbocycles. The van der Waals surface area contributed by atoms with Crippen molar-refractivity contribution >= 4 is 34.4 Å². The molecule has 2 aromatic rings. The Morgan fingerprint density at radius 3 is 2.94 bits per heavy atom. The SMILES string of the molecule is CNC(c1cc2c(s1)CCSC2)c1sccc1C. The second-order valence-corrected chi connectivity index (χ2v) is 7.81. The van der Waals surface area contributed by atoms with Crippen LogP contribution >= 0.6 is 34.4 Å². The second-order valence-electron chi connectivity index (χ2n) is 4.59. The number of hydrogen-bond donors (Lipinski definition) is 1. The molecule has 1 unspecified atom stereocenters. The Bertz CT molecular complexity index is 517. The number of fused-ring (bicyclic) bond motifs is 1. The number of hydrogen-bond acceptors (Lipinski definition) is 4. The topological polar surface area (TPSA) is 12.0 Å². The quantitative estimate of drug-likeness (QED) is 0.910. The summed E-state index contributed by atoms with van der Waals surface area (Å²) in [5.41, 5.74) is 2.97. The van der Waals surface area contributed by atoms with E-state index in [1.807, 2.05) is 22.7 Å². The Morgan fingerprint density at radius 2 is 2.28 bits per heavy atom. The molecule has 1 nitrogen and oxygen atoms in total. The largest absolute Gasteiger partial charge is 0.308 e. The molecule has 1 aliphatic rings. The van der Waals surface area contributed by atoms with E-state index in [1.165, 1.54) is 33.2 Å². The van der Waals surface area contributed by atoms with Gasteiger partial charge in [-0.25, -0.2) is 0 Å². The number of thiophene rings is 2. The predicted octanol–water partition coefficient (Wildman–Crippen LogP) is 4.22. The lowest BCUT2D eigenvalue weighted by molar-refractivity contribution is 0.712. The lowest BCUT2D eigenvalue weighted by Crippen LogP contribution is -2.16. The van der Waals surface area contributed by atoms with Crippen LogP contribution in [0.1, 0.15) is 31.8 Å². The molecule has 3 rings (SSSR count). The summed E-state index contributed by atoms with van der Waals surface area (Å²) >= 11 is 5.93. The minimum absolute atomic E-state index is 0.380. The van der Waals surface area contributed by atoms with Crippen LogP contribution in [0.25, 0.3) is 0 Å². The summed E-state index contributed by atoms with van der Waals surface area (Å²) in [5, 5.41) is 5.68. The van der Waals surface area contributed by atoms with Crippen molar-refractivity contribution in [3.05, 3.63) is 43.3 Å². The van der Waals surface area contributed by atoms with Gasteiger partial charge in [0.25, 0.3) is 0 Å². The smallest absolute Gasteiger partial charge is 0.0765 e. The van der Waals surface area contributed by atoms with Crippen LogP contribution in [0.3, 0.4) is 0 Å². The minimum atomic E-state index is 0.380. The summed E-state index contributed by atoms with van der Waals surface area (Å²) < 4.78 is 0. The van der Waals surface area contributed by atoms with E-state index in [9.17, 15) is 0 Å². The van der Waals surface area contributed by atoms with E-state index in [4.69, 9.17) is 0 Å². The molecule has 2 aromatic heterocycles. The number of rotatable bonds is 3. The average molecular weight is 295 g/mol. The van der Waals surface area contributed by atoms with Crippen LogP contribution in [0.5, 0.6) is 0 Å². The predicted molar refractivity (Wildman–Crippen MR) is 84.1 cm³/mol. The van der Waals surface area contributed by atoms with E-state index >= 15 is 0 Å². The maximum atomic E-state index is 3.48. The molecule has 0 fully saturated rings. The fourth-order valence-electron chi connectivity index (χ4n) is 2.40. The Kier molecular flexibility index (Phi) is 3.80. The molecule has 0 spiro atoms. The standard InChI is InChI=1S/C14H17NS3/c1-9-3-6-17-14(9)13(15-2)12-7-10-8-16-5-4-11(10)18-12/h3,6-7,13,15H,4-5,8H2,1-2H3. The Labute approximate surface area is 121 Å². The van der Waals surface area contributed by atoms with Gasteiger partial charge >= 0.3 is 0 Å². The van der Waals surface area contributed by atoms with E-state index in [1.54, 1.807) is 10.4 Å². The van der Waals surface area contributed by atoms with Gasteiger partial charge < -0.3 is 5.32 Å². The highest BCUT2D eigenvalue weighted by atomic mass is 32.2. The Morgan fingerprint density at radius 1 is 1.39 bits per heavy atom. The summed E-state index contributed by atoms with van der Waals surface area (Å²) in [6.45, 7) is 2.21. The summed E-state index contributed by atoms with van der Waals surface area (Å²) in [6, 6.07) is 5.02. The molecule has 1 N–H and O–H groups in total. The maximum absolute atomic E-state index is 3.48. The normalized spacial score (nSPS) is 16.6. The monoisotopic (exact) mass is 295 g/mol. The molecule has 3 heterocycles. The maximum Gasteiger partial charge on any atom is 0.0765 e. The van der Waals surface area contributed by atoms with Crippen LogP contribution in [-0.4, -0.2) is 12.8 Å².